The molecule has 23 heavy (non-hydrogen) atoms. The highest BCUT2D eigenvalue weighted by Crippen LogP contribution is 2.34. The molecular weight excluding hydrogens is 332 g/mol. The van der Waals surface area contributed by atoms with Crippen LogP contribution in [0.15, 0.2) is 63.3 Å². The molecule has 0 radical (unpaired) electrons. The minimum absolute atomic E-state index is 0.0397. The Hall–Kier alpha value is -2.50. The maximum Gasteiger partial charge on any atom is 0.272 e. The molecule has 0 bridgehead atoms. The van der Waals surface area contributed by atoms with Crippen molar-refractivity contribution in [3.05, 3.63) is 58.6 Å². The fraction of sp³-hybridized carbons (Fsp3) is 0.0667. The fourth-order valence-electron chi connectivity index (χ4n) is 1.71. The Kier molecular flexibility index (Phi) is 6.02. The van der Waals surface area contributed by atoms with E-state index in [1.807, 2.05) is 30.3 Å². The summed E-state index contributed by atoms with van der Waals surface area (Å²) < 4.78 is 0. The Morgan fingerprint density at radius 3 is 2.61 bits per heavy atom. The number of non-ortho nitro benzene ring substituents is 1. The molecular formula is C15H12N4O2S2. The standard InChI is InChI=1S/C15H12N4O2S2/c1-22-15(17-10-16)18-11-7-12(19(20)21)9-14(8-11)23-13-5-3-2-4-6-13/h2-9H,1H3,(H,17,18). The number of nitrogens with one attached hydrogen (secondary N) is 1. The van der Waals surface area contributed by atoms with Gasteiger partial charge in [-0.3, -0.25) is 15.4 Å². The van der Waals surface area contributed by atoms with E-state index >= 15 is 0 Å². The van der Waals surface area contributed by atoms with Crippen molar-refractivity contribution in [2.75, 3.05) is 6.26 Å². The van der Waals surface area contributed by atoms with Gasteiger partial charge in [-0.1, -0.05) is 41.7 Å². The highest BCUT2D eigenvalue weighted by molar-refractivity contribution is 8.13. The van der Waals surface area contributed by atoms with Crippen molar-refractivity contribution in [2.24, 2.45) is 4.99 Å². The van der Waals surface area contributed by atoms with Gasteiger partial charge in [-0.15, -0.1) is 0 Å². The van der Waals surface area contributed by atoms with Crippen molar-refractivity contribution < 1.29 is 4.92 Å². The van der Waals surface area contributed by atoms with Crippen molar-refractivity contribution in [3.8, 4) is 6.19 Å². The van der Waals surface area contributed by atoms with E-state index < -0.39 is 4.92 Å². The molecule has 2 aromatic carbocycles. The lowest BCUT2D eigenvalue weighted by Gasteiger charge is -2.05. The van der Waals surface area contributed by atoms with Crippen LogP contribution < -0.4 is 5.32 Å². The van der Waals surface area contributed by atoms with Gasteiger partial charge < -0.3 is 0 Å². The van der Waals surface area contributed by atoms with Crippen LogP contribution in [-0.4, -0.2) is 16.3 Å². The van der Waals surface area contributed by atoms with Gasteiger partial charge in [0.25, 0.3) is 5.69 Å². The number of aliphatic imine (C=N–C) groups is 1. The quantitative estimate of drug-likeness (QED) is 0.223. The van der Waals surface area contributed by atoms with Crippen LogP contribution in [0.3, 0.4) is 0 Å². The Labute approximate surface area is 141 Å². The number of rotatable bonds is 4. The summed E-state index contributed by atoms with van der Waals surface area (Å²) in [7, 11) is 0. The normalized spacial score (nSPS) is 10.9. The predicted molar refractivity (Wildman–Crippen MR) is 93.0 cm³/mol. The zero-order chi connectivity index (χ0) is 16.7. The Morgan fingerprint density at radius 2 is 2.00 bits per heavy atom. The fourth-order valence-corrected chi connectivity index (χ4v) is 2.98. The van der Waals surface area contributed by atoms with E-state index in [-0.39, 0.29) is 5.69 Å². The third-order valence-corrected chi connectivity index (χ3v) is 4.21. The number of benzene rings is 2. The average molecular weight is 344 g/mol. The molecule has 6 nitrogen and oxygen atoms in total. The molecule has 8 heteroatoms. The topological polar surface area (TPSA) is 91.3 Å². The van der Waals surface area contributed by atoms with E-state index in [1.165, 1.54) is 35.7 Å². The minimum Gasteiger partial charge on any atom is -0.271 e. The van der Waals surface area contributed by atoms with Crippen LogP contribution in [0.5, 0.6) is 0 Å². The van der Waals surface area contributed by atoms with E-state index in [1.54, 1.807) is 18.5 Å². The number of hydrogen-bond donors (Lipinski definition) is 1. The summed E-state index contributed by atoms with van der Waals surface area (Å²) in [5.74, 6) is 0. The highest BCUT2D eigenvalue weighted by atomic mass is 32.2. The molecule has 0 aromatic heterocycles. The maximum absolute atomic E-state index is 11.1. The van der Waals surface area contributed by atoms with Gasteiger partial charge in [0.1, 0.15) is 0 Å². The second-order valence-corrected chi connectivity index (χ2v) is 6.16. The molecule has 0 spiro atoms. The van der Waals surface area contributed by atoms with Crippen LogP contribution in [0.2, 0.25) is 0 Å². The zero-order valence-corrected chi connectivity index (χ0v) is 13.7. The van der Waals surface area contributed by atoms with Gasteiger partial charge in [-0.05, 0) is 24.5 Å². The van der Waals surface area contributed by atoms with Crippen molar-refractivity contribution in [1.29, 1.82) is 5.26 Å². The number of thioether (sulfide) groups is 1. The number of hydrogen-bond acceptors (Lipinski definition) is 6. The van der Waals surface area contributed by atoms with Crippen LogP contribution in [0.1, 0.15) is 0 Å². The van der Waals surface area contributed by atoms with Crippen molar-refractivity contribution in [1.82, 2.24) is 5.32 Å². The monoisotopic (exact) mass is 344 g/mol. The van der Waals surface area contributed by atoms with Crippen LogP contribution in [-0.2, 0) is 0 Å². The first-order valence-corrected chi connectivity index (χ1v) is 8.46. The van der Waals surface area contributed by atoms with E-state index in [0.717, 1.165) is 4.90 Å². The SMILES string of the molecule is CSC(=Nc1cc(Sc2ccccc2)cc([N+](=O)[O-])c1)NC#N. The molecule has 0 saturated carbocycles. The van der Waals surface area contributed by atoms with Crippen molar-refractivity contribution >= 4 is 40.1 Å². The molecule has 0 unspecified atom stereocenters. The summed E-state index contributed by atoms with van der Waals surface area (Å²) in [5, 5.41) is 22.6. The summed E-state index contributed by atoms with van der Waals surface area (Å²) in [4.78, 5) is 16.6. The van der Waals surface area contributed by atoms with Gasteiger partial charge >= 0.3 is 0 Å². The molecule has 0 aliphatic carbocycles. The van der Waals surface area contributed by atoms with Crippen molar-refractivity contribution in [2.45, 2.75) is 9.79 Å². The first-order chi connectivity index (χ1) is 11.1. The molecule has 0 heterocycles. The van der Waals surface area contributed by atoms with E-state index in [0.29, 0.717) is 15.8 Å². The Morgan fingerprint density at radius 1 is 1.26 bits per heavy atom. The van der Waals surface area contributed by atoms with Crippen LogP contribution in [0.4, 0.5) is 11.4 Å². The molecule has 0 saturated heterocycles. The summed E-state index contributed by atoms with van der Waals surface area (Å²) in [5.41, 5.74) is 0.381. The summed E-state index contributed by atoms with van der Waals surface area (Å²) in [6, 6.07) is 14.2. The van der Waals surface area contributed by atoms with Crippen LogP contribution in [0, 0.1) is 21.6 Å². The zero-order valence-electron chi connectivity index (χ0n) is 12.1. The maximum atomic E-state index is 11.1. The minimum atomic E-state index is -0.454. The molecule has 2 rings (SSSR count). The highest BCUT2D eigenvalue weighted by Gasteiger charge is 2.11. The van der Waals surface area contributed by atoms with E-state index in [9.17, 15) is 10.1 Å². The van der Waals surface area contributed by atoms with Gasteiger partial charge in [0.15, 0.2) is 11.4 Å². The summed E-state index contributed by atoms with van der Waals surface area (Å²) >= 11 is 2.67. The smallest absolute Gasteiger partial charge is 0.271 e. The molecule has 0 aliphatic heterocycles. The number of nitro groups is 1. The van der Waals surface area contributed by atoms with Gasteiger partial charge in [0.2, 0.25) is 0 Å². The second kappa shape index (κ2) is 8.22. The molecule has 116 valence electrons. The van der Waals surface area contributed by atoms with Gasteiger partial charge in [-0.25, -0.2) is 4.99 Å². The molecule has 0 fully saturated rings. The number of amidine groups is 1. The molecule has 2 aromatic rings. The molecule has 0 amide bonds. The third kappa shape index (κ3) is 5.02. The molecule has 1 N–H and O–H groups in total. The summed E-state index contributed by atoms with van der Waals surface area (Å²) in [6.45, 7) is 0. The average Bonchev–Trinajstić information content (AvgIpc) is 2.55. The Balaban J connectivity index is 2.39. The van der Waals surface area contributed by atoms with Crippen LogP contribution in [0.25, 0.3) is 0 Å². The van der Waals surface area contributed by atoms with Crippen LogP contribution >= 0.6 is 23.5 Å². The first kappa shape index (κ1) is 16.9. The number of nitrogens with zero attached hydrogens (tertiary/aromatic N) is 3. The van der Waals surface area contributed by atoms with Crippen molar-refractivity contribution in [3.63, 3.8) is 0 Å². The number of nitro benzene ring substituents is 1. The van der Waals surface area contributed by atoms with E-state index in [4.69, 9.17) is 5.26 Å². The number of nitriles is 1. The largest absolute Gasteiger partial charge is 0.272 e. The van der Waals surface area contributed by atoms with Gasteiger partial charge in [0, 0.05) is 21.9 Å². The molecule has 0 atom stereocenters. The Bertz CT molecular complexity index is 773. The van der Waals surface area contributed by atoms with Gasteiger partial charge in [0.05, 0.1) is 10.6 Å². The lowest BCUT2D eigenvalue weighted by Crippen LogP contribution is -2.12. The third-order valence-electron chi connectivity index (χ3n) is 2.65. The van der Waals surface area contributed by atoms with Gasteiger partial charge in [-0.2, -0.15) is 5.26 Å². The summed E-state index contributed by atoms with van der Waals surface area (Å²) in [6.07, 6.45) is 3.55. The second-order valence-electron chi connectivity index (χ2n) is 4.22. The lowest BCUT2D eigenvalue weighted by molar-refractivity contribution is -0.385. The molecule has 0 aliphatic rings. The lowest BCUT2D eigenvalue weighted by atomic mass is 10.3. The predicted octanol–water partition coefficient (Wildman–Crippen LogP) is 4.17. The van der Waals surface area contributed by atoms with E-state index in [2.05, 4.69) is 10.3 Å². The first-order valence-electron chi connectivity index (χ1n) is 6.42.